The predicted octanol–water partition coefficient (Wildman–Crippen LogP) is 1.25. The molecule has 0 aliphatic heterocycles. The largest absolute Gasteiger partial charge is 0.418 e. The van der Waals surface area contributed by atoms with Crippen LogP contribution >= 0.6 is 0 Å². The summed E-state index contributed by atoms with van der Waals surface area (Å²) in [7, 11) is -3.31. The molecule has 4 N–H and O–H groups in total. The molecule has 19 heavy (non-hydrogen) atoms. The van der Waals surface area contributed by atoms with E-state index in [1.165, 1.54) is 6.07 Å². The number of nitrogens with two attached hydrogens (primary N) is 1. The normalized spacial score (nSPS) is 12.4. The van der Waals surface area contributed by atoms with E-state index in [2.05, 4.69) is 10.0 Å². The summed E-state index contributed by atoms with van der Waals surface area (Å²) in [5, 5.41) is 2.67. The smallest absolute Gasteiger partial charge is 0.398 e. The Hall–Kier alpha value is -1.48. The molecule has 9 heteroatoms. The van der Waals surface area contributed by atoms with Gasteiger partial charge >= 0.3 is 6.18 Å². The van der Waals surface area contributed by atoms with Gasteiger partial charge in [-0.2, -0.15) is 13.2 Å². The molecule has 1 rings (SSSR count). The SMILES string of the molecule is CS(=O)(=O)NCCNc1ccc(N)c(C(F)(F)F)c1. The Bertz CT molecular complexity index is 543. The Balaban J connectivity index is 2.66. The Labute approximate surface area is 109 Å². The van der Waals surface area contributed by atoms with Crippen LogP contribution in [0.3, 0.4) is 0 Å². The number of nitrogen functional groups attached to an aromatic ring is 1. The Morgan fingerprint density at radius 3 is 2.42 bits per heavy atom. The lowest BCUT2D eigenvalue weighted by molar-refractivity contribution is -0.136. The Morgan fingerprint density at radius 1 is 1.26 bits per heavy atom. The number of halogens is 3. The highest BCUT2D eigenvalue weighted by Gasteiger charge is 2.33. The fourth-order valence-electron chi connectivity index (χ4n) is 1.36. The van der Waals surface area contributed by atoms with Crippen molar-refractivity contribution in [3.63, 3.8) is 0 Å². The van der Waals surface area contributed by atoms with Crippen LogP contribution in [0.4, 0.5) is 24.5 Å². The van der Waals surface area contributed by atoms with Gasteiger partial charge in [0.05, 0.1) is 11.8 Å². The molecule has 0 bridgehead atoms. The molecule has 0 spiro atoms. The fourth-order valence-corrected chi connectivity index (χ4v) is 1.83. The first-order valence-corrected chi connectivity index (χ1v) is 7.14. The highest BCUT2D eigenvalue weighted by atomic mass is 32.2. The van der Waals surface area contributed by atoms with E-state index >= 15 is 0 Å². The first kappa shape index (κ1) is 15.6. The monoisotopic (exact) mass is 297 g/mol. The maximum Gasteiger partial charge on any atom is 0.418 e. The summed E-state index contributed by atoms with van der Waals surface area (Å²) in [6.07, 6.45) is -3.52. The van der Waals surface area contributed by atoms with E-state index in [1.54, 1.807) is 0 Å². The van der Waals surface area contributed by atoms with Gasteiger partial charge in [-0.15, -0.1) is 0 Å². The van der Waals surface area contributed by atoms with E-state index < -0.39 is 21.8 Å². The molecule has 0 heterocycles. The van der Waals surface area contributed by atoms with E-state index in [4.69, 9.17) is 5.73 Å². The van der Waals surface area contributed by atoms with Crippen molar-refractivity contribution in [2.45, 2.75) is 6.18 Å². The molecule has 0 unspecified atom stereocenters. The van der Waals surface area contributed by atoms with Gasteiger partial charge in [0.15, 0.2) is 0 Å². The summed E-state index contributed by atoms with van der Waals surface area (Å²) >= 11 is 0. The average Bonchev–Trinajstić information content (AvgIpc) is 2.23. The molecule has 1 aromatic rings. The van der Waals surface area contributed by atoms with Gasteiger partial charge in [0.1, 0.15) is 0 Å². The molecular weight excluding hydrogens is 283 g/mol. The van der Waals surface area contributed by atoms with Crippen LogP contribution in [0.15, 0.2) is 18.2 Å². The lowest BCUT2D eigenvalue weighted by Crippen LogP contribution is -2.27. The van der Waals surface area contributed by atoms with Crippen molar-refractivity contribution in [3.8, 4) is 0 Å². The first-order valence-electron chi connectivity index (χ1n) is 5.25. The summed E-state index contributed by atoms with van der Waals surface area (Å²) in [6, 6.07) is 3.43. The summed E-state index contributed by atoms with van der Waals surface area (Å²) < 4.78 is 61.5. The van der Waals surface area contributed by atoms with E-state index in [9.17, 15) is 21.6 Å². The number of sulfonamides is 1. The van der Waals surface area contributed by atoms with Crippen molar-refractivity contribution >= 4 is 21.4 Å². The molecule has 1 aromatic carbocycles. The molecule has 0 aliphatic rings. The topological polar surface area (TPSA) is 84.2 Å². The summed E-state index contributed by atoms with van der Waals surface area (Å²) in [4.78, 5) is 0. The van der Waals surface area contributed by atoms with Crippen molar-refractivity contribution in [2.24, 2.45) is 0 Å². The van der Waals surface area contributed by atoms with E-state index in [-0.39, 0.29) is 24.5 Å². The van der Waals surface area contributed by atoms with Crippen molar-refractivity contribution in [3.05, 3.63) is 23.8 Å². The van der Waals surface area contributed by atoms with Crippen LogP contribution in [0.1, 0.15) is 5.56 Å². The van der Waals surface area contributed by atoms with Gasteiger partial charge in [-0.1, -0.05) is 0 Å². The predicted molar refractivity (Wildman–Crippen MR) is 67.2 cm³/mol. The van der Waals surface area contributed by atoms with E-state index in [0.717, 1.165) is 18.4 Å². The highest BCUT2D eigenvalue weighted by Crippen LogP contribution is 2.34. The number of hydrogen-bond acceptors (Lipinski definition) is 4. The molecule has 0 saturated heterocycles. The standard InChI is InChI=1S/C10H14F3N3O2S/c1-19(17,18)16-5-4-15-7-2-3-9(14)8(6-7)10(11,12)13/h2-3,6,15-16H,4-5,14H2,1H3. The van der Waals surface area contributed by atoms with Gasteiger partial charge in [-0.25, -0.2) is 13.1 Å². The first-order chi connectivity index (χ1) is 8.59. The molecule has 5 nitrogen and oxygen atoms in total. The Morgan fingerprint density at radius 2 is 1.89 bits per heavy atom. The average molecular weight is 297 g/mol. The second-order valence-corrected chi connectivity index (χ2v) is 5.73. The van der Waals surface area contributed by atoms with Gasteiger partial charge in [-0.3, -0.25) is 0 Å². The third kappa shape index (κ3) is 5.35. The highest BCUT2D eigenvalue weighted by molar-refractivity contribution is 7.88. The third-order valence-electron chi connectivity index (χ3n) is 2.18. The molecular formula is C10H14F3N3O2S. The van der Waals surface area contributed by atoms with Crippen molar-refractivity contribution in [2.75, 3.05) is 30.4 Å². The molecule has 0 atom stereocenters. The van der Waals surface area contributed by atoms with Gasteiger partial charge in [-0.05, 0) is 18.2 Å². The number of hydrogen-bond donors (Lipinski definition) is 3. The van der Waals surface area contributed by atoms with Crippen LogP contribution in [-0.2, 0) is 16.2 Å². The van der Waals surface area contributed by atoms with Crippen LogP contribution in [-0.4, -0.2) is 27.8 Å². The van der Waals surface area contributed by atoms with Crippen molar-refractivity contribution in [1.29, 1.82) is 0 Å². The summed E-state index contributed by atoms with van der Waals surface area (Å²) in [5.74, 6) is 0. The van der Waals surface area contributed by atoms with E-state index in [0.29, 0.717) is 0 Å². The quantitative estimate of drug-likeness (QED) is 0.564. The van der Waals surface area contributed by atoms with Gasteiger partial charge in [0.2, 0.25) is 10.0 Å². The van der Waals surface area contributed by atoms with Gasteiger partial charge < -0.3 is 11.1 Å². The van der Waals surface area contributed by atoms with Crippen LogP contribution in [0.2, 0.25) is 0 Å². The lowest BCUT2D eigenvalue weighted by atomic mass is 10.1. The van der Waals surface area contributed by atoms with Crippen LogP contribution < -0.4 is 15.8 Å². The number of nitrogens with one attached hydrogen (secondary N) is 2. The minimum atomic E-state index is -4.52. The second-order valence-electron chi connectivity index (χ2n) is 3.89. The molecule has 0 fully saturated rings. The molecule has 108 valence electrons. The molecule has 0 amide bonds. The maximum atomic E-state index is 12.6. The van der Waals surface area contributed by atoms with Crippen molar-refractivity contribution < 1.29 is 21.6 Å². The Kier molecular flexibility index (Phi) is 4.64. The number of alkyl halides is 3. The molecule has 0 aromatic heterocycles. The zero-order valence-electron chi connectivity index (χ0n) is 10.1. The lowest BCUT2D eigenvalue weighted by Gasteiger charge is -2.13. The van der Waals surface area contributed by atoms with Crippen LogP contribution in [0.25, 0.3) is 0 Å². The van der Waals surface area contributed by atoms with Gasteiger partial charge in [0.25, 0.3) is 0 Å². The van der Waals surface area contributed by atoms with Gasteiger partial charge in [0, 0.05) is 24.5 Å². The molecule has 0 radical (unpaired) electrons. The minimum absolute atomic E-state index is 0.0740. The summed E-state index contributed by atoms with van der Waals surface area (Å²) in [6.45, 7) is 0.235. The van der Waals surface area contributed by atoms with Crippen LogP contribution in [0.5, 0.6) is 0 Å². The number of benzene rings is 1. The number of anilines is 2. The fraction of sp³-hybridized carbons (Fsp3) is 0.400. The second kappa shape index (κ2) is 5.66. The third-order valence-corrected chi connectivity index (χ3v) is 2.91. The zero-order valence-corrected chi connectivity index (χ0v) is 10.9. The summed E-state index contributed by atoms with van der Waals surface area (Å²) in [5.41, 5.74) is 4.19. The molecule has 0 saturated carbocycles. The molecule has 0 aliphatic carbocycles. The maximum absolute atomic E-state index is 12.6. The van der Waals surface area contributed by atoms with E-state index in [1.807, 2.05) is 0 Å². The zero-order chi connectivity index (χ0) is 14.7. The number of rotatable bonds is 5. The minimum Gasteiger partial charge on any atom is -0.398 e. The van der Waals surface area contributed by atoms with Crippen LogP contribution in [0, 0.1) is 0 Å². The van der Waals surface area contributed by atoms with Crippen molar-refractivity contribution in [1.82, 2.24) is 4.72 Å².